The highest BCUT2D eigenvalue weighted by Crippen LogP contribution is 2.38. The Kier molecular flexibility index (Phi) is 3.76. The molecule has 0 bridgehead atoms. The van der Waals surface area contributed by atoms with Crippen LogP contribution in [0.15, 0.2) is 5.38 Å². The number of nitrogens with zero attached hydrogens (tertiary/aromatic N) is 1. The van der Waals surface area contributed by atoms with Gasteiger partial charge in [-0.15, -0.1) is 11.3 Å². The van der Waals surface area contributed by atoms with Crippen LogP contribution in [0.25, 0.3) is 0 Å². The second-order valence-corrected chi connectivity index (χ2v) is 6.86. The molecule has 3 nitrogen and oxygen atoms in total. The van der Waals surface area contributed by atoms with Crippen molar-refractivity contribution in [3.8, 4) is 0 Å². The lowest BCUT2D eigenvalue weighted by Crippen LogP contribution is -2.29. The lowest BCUT2D eigenvalue weighted by Gasteiger charge is -2.25. The molecular formula is C14H21NO2S. The summed E-state index contributed by atoms with van der Waals surface area (Å²) in [6.45, 7) is 5.73. The molecule has 1 aromatic heterocycles. The third kappa shape index (κ3) is 2.58. The van der Waals surface area contributed by atoms with Crippen molar-refractivity contribution in [2.45, 2.75) is 57.8 Å². The number of aliphatic carboxylic acids is 1. The van der Waals surface area contributed by atoms with Gasteiger partial charge in [-0.3, -0.25) is 4.79 Å². The van der Waals surface area contributed by atoms with Gasteiger partial charge in [0.15, 0.2) is 0 Å². The Morgan fingerprint density at radius 1 is 1.50 bits per heavy atom. The number of carboxylic acids is 1. The average molecular weight is 267 g/mol. The van der Waals surface area contributed by atoms with E-state index < -0.39 is 11.4 Å². The van der Waals surface area contributed by atoms with E-state index in [0.29, 0.717) is 11.6 Å². The Morgan fingerprint density at radius 3 is 2.83 bits per heavy atom. The fraction of sp³-hybridized carbons (Fsp3) is 0.714. The van der Waals surface area contributed by atoms with Crippen molar-refractivity contribution in [3.63, 3.8) is 0 Å². The van der Waals surface area contributed by atoms with Gasteiger partial charge in [0.05, 0.1) is 10.7 Å². The van der Waals surface area contributed by atoms with Crippen LogP contribution in [-0.4, -0.2) is 16.1 Å². The van der Waals surface area contributed by atoms with E-state index in [1.807, 2.05) is 5.38 Å². The van der Waals surface area contributed by atoms with Crippen molar-refractivity contribution < 1.29 is 9.90 Å². The fourth-order valence-electron chi connectivity index (χ4n) is 2.53. The smallest absolute Gasteiger partial charge is 0.315 e. The number of hydrogen-bond acceptors (Lipinski definition) is 3. The number of hydrogen-bond donors (Lipinski definition) is 1. The first-order chi connectivity index (χ1) is 8.41. The molecule has 0 aliphatic heterocycles. The highest BCUT2D eigenvalue weighted by Gasteiger charge is 2.33. The summed E-state index contributed by atoms with van der Waals surface area (Å²) in [5.41, 5.74) is -0.178. The van der Waals surface area contributed by atoms with E-state index in [9.17, 15) is 9.90 Å². The number of thiazole rings is 1. The quantitative estimate of drug-likeness (QED) is 0.906. The van der Waals surface area contributed by atoms with Crippen molar-refractivity contribution in [1.82, 2.24) is 4.98 Å². The van der Waals surface area contributed by atoms with E-state index in [0.717, 1.165) is 10.9 Å². The van der Waals surface area contributed by atoms with E-state index in [2.05, 4.69) is 11.9 Å². The van der Waals surface area contributed by atoms with Crippen molar-refractivity contribution >= 4 is 17.3 Å². The number of carbonyl (C=O) groups is 1. The van der Waals surface area contributed by atoms with Crippen LogP contribution in [0.3, 0.4) is 0 Å². The summed E-state index contributed by atoms with van der Waals surface area (Å²) < 4.78 is 0. The number of rotatable bonds is 3. The predicted molar refractivity (Wildman–Crippen MR) is 73.1 cm³/mol. The Balaban J connectivity index is 2.17. The molecule has 1 aromatic rings. The van der Waals surface area contributed by atoms with Gasteiger partial charge in [0.1, 0.15) is 5.41 Å². The van der Waals surface area contributed by atoms with E-state index in [4.69, 9.17) is 0 Å². The summed E-state index contributed by atoms with van der Waals surface area (Å²) in [7, 11) is 0. The van der Waals surface area contributed by atoms with Gasteiger partial charge in [-0.25, -0.2) is 4.98 Å². The van der Waals surface area contributed by atoms with Gasteiger partial charge in [0.2, 0.25) is 0 Å². The summed E-state index contributed by atoms with van der Waals surface area (Å²) in [5, 5.41) is 12.3. The topological polar surface area (TPSA) is 50.2 Å². The van der Waals surface area contributed by atoms with Gasteiger partial charge in [-0.05, 0) is 32.6 Å². The Morgan fingerprint density at radius 2 is 2.22 bits per heavy atom. The molecule has 18 heavy (non-hydrogen) atoms. The third-order valence-electron chi connectivity index (χ3n) is 3.98. The van der Waals surface area contributed by atoms with Gasteiger partial charge >= 0.3 is 5.97 Å². The molecule has 4 heteroatoms. The van der Waals surface area contributed by atoms with Crippen LogP contribution < -0.4 is 0 Å². The molecule has 100 valence electrons. The molecule has 1 heterocycles. The Hall–Kier alpha value is -0.900. The minimum absolute atomic E-state index is 0.539. The molecule has 0 amide bonds. The summed E-state index contributed by atoms with van der Waals surface area (Å²) >= 11 is 1.63. The lowest BCUT2D eigenvalue weighted by molar-refractivity contribution is -0.142. The molecule has 0 spiro atoms. The van der Waals surface area contributed by atoms with Gasteiger partial charge in [0, 0.05) is 11.3 Å². The molecule has 0 aromatic carbocycles. The van der Waals surface area contributed by atoms with Gasteiger partial charge in [-0.2, -0.15) is 0 Å². The molecule has 2 unspecified atom stereocenters. The Labute approximate surface area is 112 Å². The first-order valence-corrected chi connectivity index (χ1v) is 7.48. The highest BCUT2D eigenvalue weighted by molar-refractivity contribution is 7.09. The molecule has 1 aliphatic rings. The first-order valence-electron chi connectivity index (χ1n) is 6.60. The predicted octanol–water partition coefficient (Wildman–Crippen LogP) is 3.80. The minimum atomic E-state index is -0.880. The van der Waals surface area contributed by atoms with Crippen molar-refractivity contribution in [3.05, 3.63) is 16.1 Å². The molecule has 1 aliphatic carbocycles. The van der Waals surface area contributed by atoms with Crippen LogP contribution in [0, 0.1) is 5.92 Å². The fourth-order valence-corrected chi connectivity index (χ4v) is 3.67. The summed E-state index contributed by atoms with van der Waals surface area (Å²) in [6.07, 6.45) is 4.98. The second kappa shape index (κ2) is 5.00. The van der Waals surface area contributed by atoms with Gasteiger partial charge in [0.25, 0.3) is 0 Å². The normalized spacial score (nSPS) is 25.1. The van der Waals surface area contributed by atoms with E-state index in [-0.39, 0.29) is 0 Å². The van der Waals surface area contributed by atoms with Crippen LogP contribution in [-0.2, 0) is 10.2 Å². The maximum Gasteiger partial charge on any atom is 0.315 e. The van der Waals surface area contributed by atoms with Crippen LogP contribution in [0.2, 0.25) is 0 Å². The van der Waals surface area contributed by atoms with E-state index >= 15 is 0 Å². The maximum atomic E-state index is 11.2. The van der Waals surface area contributed by atoms with Crippen molar-refractivity contribution in [2.24, 2.45) is 5.92 Å². The van der Waals surface area contributed by atoms with E-state index in [1.165, 1.54) is 25.7 Å². The molecular weight excluding hydrogens is 246 g/mol. The van der Waals surface area contributed by atoms with Crippen LogP contribution in [0.1, 0.15) is 63.1 Å². The second-order valence-electron chi connectivity index (χ2n) is 5.97. The largest absolute Gasteiger partial charge is 0.481 e. The lowest BCUT2D eigenvalue weighted by atomic mass is 9.83. The third-order valence-corrected chi connectivity index (χ3v) is 4.99. The monoisotopic (exact) mass is 267 g/mol. The number of aromatic nitrogens is 1. The molecule has 2 rings (SSSR count). The zero-order valence-corrected chi connectivity index (χ0v) is 12.1. The summed E-state index contributed by atoms with van der Waals surface area (Å²) in [4.78, 5) is 15.8. The van der Waals surface area contributed by atoms with Crippen LogP contribution in [0.5, 0.6) is 0 Å². The Bertz CT molecular complexity index is 439. The van der Waals surface area contributed by atoms with Gasteiger partial charge < -0.3 is 5.11 Å². The molecule has 1 N–H and O–H groups in total. The zero-order valence-electron chi connectivity index (χ0n) is 11.3. The first kappa shape index (κ1) is 13.5. The molecule has 1 fully saturated rings. The van der Waals surface area contributed by atoms with Crippen LogP contribution in [0.4, 0.5) is 0 Å². The number of carboxylic acid groups (broad SMARTS) is 1. The SMILES string of the molecule is CC1CCCC(c2nc(C(C)(C)C(=O)O)cs2)C1. The van der Waals surface area contributed by atoms with E-state index in [1.54, 1.807) is 25.2 Å². The molecule has 0 radical (unpaired) electrons. The maximum absolute atomic E-state index is 11.2. The average Bonchev–Trinajstić information content (AvgIpc) is 2.78. The zero-order chi connectivity index (χ0) is 13.3. The van der Waals surface area contributed by atoms with Crippen molar-refractivity contribution in [2.75, 3.05) is 0 Å². The minimum Gasteiger partial charge on any atom is -0.481 e. The standard InChI is InChI=1S/C14H21NO2S/c1-9-5-4-6-10(7-9)12-15-11(8-18-12)14(2,3)13(16)17/h8-10H,4-7H2,1-3H3,(H,16,17). The summed E-state index contributed by atoms with van der Waals surface area (Å²) in [6, 6.07) is 0. The molecule has 2 atom stereocenters. The highest BCUT2D eigenvalue weighted by atomic mass is 32.1. The van der Waals surface area contributed by atoms with Crippen LogP contribution >= 0.6 is 11.3 Å². The van der Waals surface area contributed by atoms with Crippen molar-refractivity contribution in [1.29, 1.82) is 0 Å². The summed E-state index contributed by atoms with van der Waals surface area (Å²) in [5.74, 6) is 0.497. The molecule has 1 saturated carbocycles. The van der Waals surface area contributed by atoms with Gasteiger partial charge in [-0.1, -0.05) is 19.8 Å². The molecule has 0 saturated heterocycles.